The van der Waals surface area contributed by atoms with E-state index in [0.717, 1.165) is 37.2 Å². The number of carbonyl (C=O) groups excluding carboxylic acids is 1. The average Bonchev–Trinajstić information content (AvgIpc) is 3.48. The number of rotatable bonds is 8. The number of anilines is 2. The molecule has 0 saturated heterocycles. The Morgan fingerprint density at radius 2 is 1.86 bits per heavy atom. The van der Waals surface area contributed by atoms with Crippen LogP contribution in [0.5, 0.6) is 0 Å². The Bertz CT molecular complexity index is 1370. The fourth-order valence-corrected chi connectivity index (χ4v) is 6.74. The Labute approximate surface area is 216 Å². The molecule has 2 aromatic heterocycles. The first-order chi connectivity index (χ1) is 17.7. The van der Waals surface area contributed by atoms with E-state index >= 15 is 0 Å². The molecule has 0 radical (unpaired) electrons. The van der Waals surface area contributed by atoms with E-state index in [1.807, 2.05) is 39.0 Å². The summed E-state index contributed by atoms with van der Waals surface area (Å²) < 4.78 is 31.9. The van der Waals surface area contributed by atoms with Crippen LogP contribution < -0.4 is 10.6 Å². The number of hydrogen-bond donors (Lipinski definition) is 4. The maximum atomic E-state index is 13.4. The highest BCUT2D eigenvalue weighted by Crippen LogP contribution is 2.40. The van der Waals surface area contributed by atoms with Crippen molar-refractivity contribution in [2.45, 2.75) is 87.5 Å². The summed E-state index contributed by atoms with van der Waals surface area (Å²) in [4.78, 5) is 20.2. The van der Waals surface area contributed by atoms with Crippen molar-refractivity contribution < 1.29 is 17.9 Å². The zero-order valence-corrected chi connectivity index (χ0v) is 22.2. The monoisotopic (exact) mass is 526 g/mol. The van der Waals surface area contributed by atoms with E-state index in [1.165, 1.54) is 0 Å². The number of aryl methyl sites for hydroxylation is 1. The molecule has 3 aromatic rings. The second-order valence-electron chi connectivity index (χ2n) is 10.3. The molecule has 4 N–H and O–H groups in total. The van der Waals surface area contributed by atoms with Crippen molar-refractivity contribution in [1.29, 1.82) is 0 Å². The lowest BCUT2D eigenvalue weighted by atomic mass is 9.85. The topological polar surface area (TPSA) is 142 Å². The molecule has 1 aromatic carbocycles. The van der Waals surface area contributed by atoms with Crippen LogP contribution in [0, 0.1) is 6.92 Å². The number of carbonyl (C=O) groups is 1. The number of ether oxygens (including phenoxy) is 1. The van der Waals surface area contributed by atoms with Gasteiger partial charge in [0.1, 0.15) is 5.82 Å². The van der Waals surface area contributed by atoms with Crippen molar-refractivity contribution in [1.82, 2.24) is 25.5 Å². The zero-order valence-electron chi connectivity index (χ0n) is 21.4. The van der Waals surface area contributed by atoms with Gasteiger partial charge in [-0.15, -0.1) is 0 Å². The van der Waals surface area contributed by atoms with Gasteiger partial charge in [0, 0.05) is 35.0 Å². The number of aromatic nitrogens is 4. The molecule has 0 aliphatic heterocycles. The highest BCUT2D eigenvalue weighted by Gasteiger charge is 2.38. The third-order valence-corrected chi connectivity index (χ3v) is 9.19. The van der Waals surface area contributed by atoms with Crippen LogP contribution >= 0.6 is 0 Å². The number of H-pyrrole nitrogens is 2. The third kappa shape index (κ3) is 5.82. The molecule has 1 amide bonds. The Hall–Kier alpha value is -3.34. The molecule has 2 aliphatic rings. The first-order valence-corrected chi connectivity index (χ1v) is 14.4. The number of alkyl carbamates (subject to hydrolysis) is 1. The van der Waals surface area contributed by atoms with Crippen LogP contribution in [0.25, 0.3) is 11.3 Å². The minimum Gasteiger partial charge on any atom is -0.447 e. The molecular formula is C26H34N6O4S. The smallest absolute Gasteiger partial charge is 0.407 e. The Kier molecular flexibility index (Phi) is 6.98. The quantitative estimate of drug-likeness (QED) is 0.325. The van der Waals surface area contributed by atoms with Crippen molar-refractivity contribution in [2.75, 3.05) is 5.32 Å². The Morgan fingerprint density at radius 1 is 1.11 bits per heavy atom. The van der Waals surface area contributed by atoms with E-state index < -0.39 is 9.84 Å². The number of imidazole rings is 1. The summed E-state index contributed by atoms with van der Waals surface area (Å²) in [7, 11) is -3.47. The largest absolute Gasteiger partial charge is 0.447 e. The molecule has 0 unspecified atom stereocenters. The summed E-state index contributed by atoms with van der Waals surface area (Å²) in [5.41, 5.74) is 2.89. The number of nitrogens with one attached hydrogen (secondary N) is 4. The molecule has 10 nitrogen and oxygen atoms in total. The highest BCUT2D eigenvalue weighted by atomic mass is 32.2. The second kappa shape index (κ2) is 10.2. The van der Waals surface area contributed by atoms with Gasteiger partial charge in [-0.1, -0.05) is 0 Å². The van der Waals surface area contributed by atoms with Crippen molar-refractivity contribution in [3.8, 4) is 11.3 Å². The lowest BCUT2D eigenvalue weighted by molar-refractivity contribution is 0.109. The molecular weight excluding hydrogens is 492 g/mol. The SMILES string of the molecule is Cc1cc(Nc2ccc(-c3cnc([C@H]4CC[C@H](NC(=O)OC(C)C)CC4)[nH]3)c(S(=O)(=O)C3CC3)c2)n[nH]1. The molecule has 0 spiro atoms. The maximum absolute atomic E-state index is 13.4. The summed E-state index contributed by atoms with van der Waals surface area (Å²) in [5.74, 6) is 1.70. The van der Waals surface area contributed by atoms with E-state index in [2.05, 4.69) is 30.8 Å². The van der Waals surface area contributed by atoms with Gasteiger partial charge < -0.3 is 20.4 Å². The van der Waals surface area contributed by atoms with Gasteiger partial charge in [-0.25, -0.2) is 18.2 Å². The van der Waals surface area contributed by atoms with Crippen LogP contribution in [0.3, 0.4) is 0 Å². The van der Waals surface area contributed by atoms with E-state index in [-0.39, 0.29) is 29.4 Å². The molecule has 2 aliphatic carbocycles. The summed E-state index contributed by atoms with van der Waals surface area (Å²) in [6.07, 6.45) is 6.00. The number of amides is 1. The van der Waals surface area contributed by atoms with Gasteiger partial charge in [-0.05, 0) is 77.5 Å². The molecule has 5 rings (SSSR count). The average molecular weight is 527 g/mol. The van der Waals surface area contributed by atoms with Gasteiger partial charge in [0.25, 0.3) is 0 Å². The van der Waals surface area contributed by atoms with Crippen molar-refractivity contribution in [3.63, 3.8) is 0 Å². The van der Waals surface area contributed by atoms with Crippen LogP contribution in [0.15, 0.2) is 35.4 Å². The number of benzene rings is 1. The number of nitrogens with zero attached hydrogens (tertiary/aromatic N) is 2. The van der Waals surface area contributed by atoms with Crippen LogP contribution in [0.4, 0.5) is 16.3 Å². The van der Waals surface area contributed by atoms with Crippen molar-refractivity contribution >= 4 is 27.4 Å². The predicted octanol–water partition coefficient (Wildman–Crippen LogP) is 4.95. The van der Waals surface area contributed by atoms with Crippen LogP contribution in [-0.2, 0) is 14.6 Å². The van der Waals surface area contributed by atoms with Gasteiger partial charge in [0.2, 0.25) is 0 Å². The first kappa shape index (κ1) is 25.3. The number of hydrogen-bond acceptors (Lipinski definition) is 7. The Morgan fingerprint density at radius 3 is 2.51 bits per heavy atom. The van der Waals surface area contributed by atoms with Crippen LogP contribution in [0.2, 0.25) is 0 Å². The highest BCUT2D eigenvalue weighted by molar-refractivity contribution is 7.92. The van der Waals surface area contributed by atoms with E-state index in [4.69, 9.17) is 4.74 Å². The van der Waals surface area contributed by atoms with Crippen molar-refractivity contribution in [3.05, 3.63) is 42.0 Å². The fraction of sp³-hybridized carbons (Fsp3) is 0.500. The predicted molar refractivity (Wildman–Crippen MR) is 141 cm³/mol. The normalized spacial score (nSPS) is 20.1. The maximum Gasteiger partial charge on any atom is 0.407 e. The zero-order chi connectivity index (χ0) is 26.2. The Balaban J connectivity index is 1.33. The molecule has 2 fully saturated rings. The fourth-order valence-electron chi connectivity index (χ4n) is 4.85. The number of sulfone groups is 1. The first-order valence-electron chi connectivity index (χ1n) is 12.9. The molecule has 37 heavy (non-hydrogen) atoms. The van der Waals surface area contributed by atoms with Gasteiger partial charge in [-0.3, -0.25) is 5.10 Å². The van der Waals surface area contributed by atoms with Crippen molar-refractivity contribution in [2.24, 2.45) is 0 Å². The standard InChI is InChI=1S/C26H34N6O4S/c1-15(2)36-26(33)29-18-6-4-17(5-7-18)25-27-14-22(30-25)21-11-8-19(28-24-12-16(3)31-32-24)13-23(21)37(34,35)20-9-10-20/h8,11-15,17-18,20H,4-7,9-10H2,1-3H3,(H,27,30)(H,29,33)(H2,28,31,32)/t17-,18-. The lowest BCUT2D eigenvalue weighted by Gasteiger charge is -2.28. The van der Waals surface area contributed by atoms with Gasteiger partial charge in [0.15, 0.2) is 15.7 Å². The molecule has 198 valence electrons. The van der Waals surface area contributed by atoms with Crippen LogP contribution in [0.1, 0.15) is 69.8 Å². The summed E-state index contributed by atoms with van der Waals surface area (Å²) >= 11 is 0. The molecule has 11 heteroatoms. The third-order valence-electron chi connectivity index (χ3n) is 6.89. The van der Waals surface area contributed by atoms with E-state index in [9.17, 15) is 13.2 Å². The van der Waals surface area contributed by atoms with E-state index in [0.29, 0.717) is 40.5 Å². The van der Waals surface area contributed by atoms with E-state index in [1.54, 1.807) is 12.3 Å². The van der Waals surface area contributed by atoms with Crippen LogP contribution in [-0.4, -0.2) is 52.1 Å². The molecule has 2 saturated carbocycles. The van der Waals surface area contributed by atoms with Gasteiger partial charge in [-0.2, -0.15) is 5.10 Å². The molecule has 2 heterocycles. The molecule has 0 bridgehead atoms. The summed E-state index contributed by atoms with van der Waals surface area (Å²) in [6.45, 7) is 5.57. The second-order valence-corrected chi connectivity index (χ2v) is 12.5. The summed E-state index contributed by atoms with van der Waals surface area (Å²) in [5, 5.41) is 12.9. The lowest BCUT2D eigenvalue weighted by Crippen LogP contribution is -2.38. The van der Waals surface area contributed by atoms with Gasteiger partial charge in [0.05, 0.1) is 28.1 Å². The summed E-state index contributed by atoms with van der Waals surface area (Å²) in [6, 6.07) is 7.34. The minimum absolute atomic E-state index is 0.0885. The minimum atomic E-state index is -3.47. The molecule has 0 atom stereocenters. The van der Waals surface area contributed by atoms with Gasteiger partial charge >= 0.3 is 6.09 Å². The number of aromatic amines is 2.